The molecule has 1 aliphatic carbocycles. The zero-order chi connectivity index (χ0) is 14.6. The fourth-order valence-corrected chi connectivity index (χ4v) is 3.13. The van der Waals surface area contributed by atoms with Gasteiger partial charge in [0.15, 0.2) is 0 Å². The fraction of sp³-hybridized carbons (Fsp3) is 0.812. The molecule has 0 saturated heterocycles. The van der Waals surface area contributed by atoms with Crippen LogP contribution >= 0.6 is 0 Å². The average molecular weight is 280 g/mol. The molecule has 0 radical (unpaired) electrons. The zero-order valence-electron chi connectivity index (χ0n) is 13.0. The van der Waals surface area contributed by atoms with E-state index in [2.05, 4.69) is 18.9 Å². The second-order valence-corrected chi connectivity index (χ2v) is 6.09. The molecule has 0 amide bonds. The molecule has 0 aromatic carbocycles. The minimum Gasteiger partial charge on any atom is -0.390 e. The Kier molecular flexibility index (Phi) is 5.22. The highest BCUT2D eigenvalue weighted by atomic mass is 16.5. The summed E-state index contributed by atoms with van der Waals surface area (Å²) >= 11 is 0. The molecular formula is C16H28N2O2. The number of aliphatic hydroxyl groups is 1. The van der Waals surface area contributed by atoms with Gasteiger partial charge in [-0.1, -0.05) is 26.2 Å². The van der Waals surface area contributed by atoms with E-state index < -0.39 is 6.10 Å². The van der Waals surface area contributed by atoms with Crippen molar-refractivity contribution in [1.82, 2.24) is 9.78 Å². The van der Waals surface area contributed by atoms with E-state index in [0.29, 0.717) is 12.5 Å². The molecule has 2 atom stereocenters. The van der Waals surface area contributed by atoms with Gasteiger partial charge < -0.3 is 9.84 Å². The van der Waals surface area contributed by atoms with E-state index in [0.717, 1.165) is 37.8 Å². The van der Waals surface area contributed by atoms with Crippen LogP contribution in [0, 0.1) is 0 Å². The van der Waals surface area contributed by atoms with Gasteiger partial charge in [-0.3, -0.25) is 4.68 Å². The van der Waals surface area contributed by atoms with Crippen molar-refractivity contribution in [1.29, 1.82) is 0 Å². The van der Waals surface area contributed by atoms with Gasteiger partial charge in [-0.05, 0) is 32.3 Å². The van der Waals surface area contributed by atoms with Gasteiger partial charge in [-0.2, -0.15) is 5.10 Å². The summed E-state index contributed by atoms with van der Waals surface area (Å²) in [5.74, 6) is 0. The maximum atomic E-state index is 10.6. The van der Waals surface area contributed by atoms with E-state index in [4.69, 9.17) is 4.74 Å². The van der Waals surface area contributed by atoms with Gasteiger partial charge in [-0.25, -0.2) is 0 Å². The lowest BCUT2D eigenvalue weighted by atomic mass is 9.79. The van der Waals surface area contributed by atoms with E-state index in [1.807, 2.05) is 16.9 Å². The highest BCUT2D eigenvalue weighted by Gasteiger charge is 2.39. The van der Waals surface area contributed by atoms with E-state index in [1.165, 1.54) is 6.42 Å². The number of aliphatic hydroxyl groups excluding tert-OH is 1. The summed E-state index contributed by atoms with van der Waals surface area (Å²) in [4.78, 5) is 0. The molecule has 4 heteroatoms. The van der Waals surface area contributed by atoms with Crippen LogP contribution in [0.2, 0.25) is 0 Å². The molecule has 20 heavy (non-hydrogen) atoms. The van der Waals surface area contributed by atoms with Crippen molar-refractivity contribution in [3.63, 3.8) is 0 Å². The van der Waals surface area contributed by atoms with Crippen molar-refractivity contribution < 1.29 is 9.84 Å². The molecule has 1 saturated carbocycles. The summed E-state index contributed by atoms with van der Waals surface area (Å²) in [6.45, 7) is 4.31. The molecule has 0 spiro atoms. The summed E-state index contributed by atoms with van der Waals surface area (Å²) in [5, 5.41) is 15.2. The van der Waals surface area contributed by atoms with Crippen LogP contribution in [0.5, 0.6) is 0 Å². The Balaban J connectivity index is 2.02. The molecule has 1 aromatic heterocycles. The number of aromatic nitrogens is 2. The van der Waals surface area contributed by atoms with Gasteiger partial charge in [0.2, 0.25) is 0 Å². The zero-order valence-corrected chi connectivity index (χ0v) is 13.0. The molecule has 1 aliphatic rings. The van der Waals surface area contributed by atoms with E-state index in [9.17, 15) is 5.11 Å². The van der Waals surface area contributed by atoms with Crippen molar-refractivity contribution >= 4 is 0 Å². The van der Waals surface area contributed by atoms with Crippen molar-refractivity contribution in [2.75, 3.05) is 7.11 Å². The molecule has 0 aliphatic heterocycles. The van der Waals surface area contributed by atoms with Gasteiger partial charge in [0.1, 0.15) is 0 Å². The number of methoxy groups -OCH3 is 1. The summed E-state index contributed by atoms with van der Waals surface area (Å²) in [6.07, 6.45) is 8.64. The first kappa shape index (κ1) is 15.5. The van der Waals surface area contributed by atoms with Crippen LogP contribution in [-0.4, -0.2) is 33.7 Å². The van der Waals surface area contributed by atoms with Crippen LogP contribution in [0.1, 0.15) is 64.1 Å². The molecule has 0 bridgehead atoms. The number of hydrogen-bond donors (Lipinski definition) is 1. The molecule has 1 heterocycles. The predicted octanol–water partition coefficient (Wildman–Crippen LogP) is 3.11. The monoisotopic (exact) mass is 280 g/mol. The van der Waals surface area contributed by atoms with Crippen molar-refractivity contribution in [2.24, 2.45) is 0 Å². The Labute approximate surface area is 122 Å². The van der Waals surface area contributed by atoms with Crippen LogP contribution in [0.25, 0.3) is 0 Å². The van der Waals surface area contributed by atoms with Crippen LogP contribution in [0.15, 0.2) is 12.3 Å². The Bertz CT molecular complexity index is 410. The summed E-state index contributed by atoms with van der Waals surface area (Å²) in [7, 11) is 1.73. The van der Waals surface area contributed by atoms with E-state index >= 15 is 0 Å². The topological polar surface area (TPSA) is 47.3 Å². The molecule has 1 aromatic rings. The highest BCUT2D eigenvalue weighted by molar-refractivity contribution is 5.05. The molecule has 1 fully saturated rings. The van der Waals surface area contributed by atoms with Crippen molar-refractivity contribution in [3.05, 3.63) is 18.0 Å². The number of hydrogen-bond acceptors (Lipinski definition) is 3. The Morgan fingerprint density at radius 3 is 2.70 bits per heavy atom. The molecular weight excluding hydrogens is 252 g/mol. The summed E-state index contributed by atoms with van der Waals surface area (Å²) < 4.78 is 7.69. The third-order valence-electron chi connectivity index (χ3n) is 4.82. The van der Waals surface area contributed by atoms with Gasteiger partial charge in [0.25, 0.3) is 0 Å². The first-order valence-corrected chi connectivity index (χ1v) is 7.88. The maximum absolute atomic E-state index is 10.6. The maximum Gasteiger partial charge on any atom is 0.0940 e. The molecule has 4 nitrogen and oxygen atoms in total. The number of ether oxygens (including phenoxy) is 1. The standard InChI is InChI=1S/C16H28N2O2/c1-4-13(2)18-11-8-14(17-18)12-15(19)16(20-3)9-6-5-7-10-16/h8,11,13,15,19H,4-7,9-10,12H2,1-3H3. The Morgan fingerprint density at radius 1 is 1.40 bits per heavy atom. The van der Waals surface area contributed by atoms with Crippen LogP contribution in [0.4, 0.5) is 0 Å². The van der Waals surface area contributed by atoms with Crippen LogP contribution in [0.3, 0.4) is 0 Å². The lowest BCUT2D eigenvalue weighted by Crippen LogP contribution is -2.47. The lowest BCUT2D eigenvalue weighted by Gasteiger charge is -2.39. The highest BCUT2D eigenvalue weighted by Crippen LogP contribution is 2.35. The summed E-state index contributed by atoms with van der Waals surface area (Å²) in [6, 6.07) is 2.42. The Hall–Kier alpha value is -0.870. The molecule has 1 N–H and O–H groups in total. The van der Waals surface area contributed by atoms with E-state index in [1.54, 1.807) is 7.11 Å². The molecule has 2 rings (SSSR count). The quantitative estimate of drug-likeness (QED) is 0.871. The van der Waals surface area contributed by atoms with Gasteiger partial charge >= 0.3 is 0 Å². The molecule has 2 unspecified atom stereocenters. The van der Waals surface area contributed by atoms with Gasteiger partial charge in [0, 0.05) is 25.8 Å². The number of nitrogens with zero attached hydrogens (tertiary/aromatic N) is 2. The average Bonchev–Trinajstić information content (AvgIpc) is 2.95. The smallest absolute Gasteiger partial charge is 0.0940 e. The van der Waals surface area contributed by atoms with Gasteiger partial charge in [0.05, 0.1) is 17.4 Å². The predicted molar refractivity (Wildman–Crippen MR) is 79.8 cm³/mol. The van der Waals surface area contributed by atoms with Crippen LogP contribution in [-0.2, 0) is 11.2 Å². The third kappa shape index (κ3) is 3.23. The normalized spacial score (nSPS) is 21.6. The van der Waals surface area contributed by atoms with Crippen LogP contribution < -0.4 is 0 Å². The minimum absolute atomic E-state index is 0.363. The largest absolute Gasteiger partial charge is 0.390 e. The lowest BCUT2D eigenvalue weighted by molar-refractivity contribution is -0.122. The number of rotatable bonds is 6. The van der Waals surface area contributed by atoms with Crippen molar-refractivity contribution in [2.45, 2.75) is 76.5 Å². The second kappa shape index (κ2) is 6.72. The Morgan fingerprint density at radius 2 is 2.10 bits per heavy atom. The first-order valence-electron chi connectivity index (χ1n) is 7.88. The van der Waals surface area contributed by atoms with Crippen molar-refractivity contribution in [3.8, 4) is 0 Å². The fourth-order valence-electron chi connectivity index (χ4n) is 3.13. The van der Waals surface area contributed by atoms with E-state index in [-0.39, 0.29) is 5.60 Å². The van der Waals surface area contributed by atoms with Gasteiger partial charge in [-0.15, -0.1) is 0 Å². The first-order chi connectivity index (χ1) is 9.61. The molecule has 114 valence electrons. The second-order valence-electron chi connectivity index (χ2n) is 6.09. The SMILES string of the molecule is CCC(C)n1ccc(CC(O)C2(OC)CCCCC2)n1. The third-order valence-corrected chi connectivity index (χ3v) is 4.82. The minimum atomic E-state index is -0.465. The summed E-state index contributed by atoms with van der Waals surface area (Å²) in [5.41, 5.74) is 0.595.